The zero-order chi connectivity index (χ0) is 14.4. The van der Waals surface area contributed by atoms with Gasteiger partial charge in [-0.15, -0.1) is 0 Å². The fourth-order valence-electron chi connectivity index (χ4n) is 3.11. The molecule has 0 saturated heterocycles. The number of rotatable bonds is 2. The Kier molecular flexibility index (Phi) is 2.96. The zero-order valence-electron chi connectivity index (χ0n) is 11.8. The van der Waals surface area contributed by atoms with E-state index in [0.29, 0.717) is 11.7 Å². The topological polar surface area (TPSA) is 35.2 Å². The summed E-state index contributed by atoms with van der Waals surface area (Å²) < 4.78 is 19.4. The second kappa shape index (κ2) is 4.85. The van der Waals surface area contributed by atoms with E-state index in [1.54, 1.807) is 6.07 Å². The van der Waals surface area contributed by atoms with E-state index in [2.05, 4.69) is 24.3 Å². The molecule has 2 unspecified atom stereocenters. The van der Waals surface area contributed by atoms with E-state index in [4.69, 9.17) is 10.5 Å². The Labute approximate surface area is 123 Å². The maximum Gasteiger partial charge on any atom is 0.127 e. The molecule has 1 heterocycles. The van der Waals surface area contributed by atoms with E-state index in [1.165, 1.54) is 30.5 Å². The summed E-state index contributed by atoms with van der Waals surface area (Å²) >= 11 is 0. The third kappa shape index (κ3) is 2.42. The van der Waals surface area contributed by atoms with Crippen molar-refractivity contribution in [3.63, 3.8) is 0 Å². The molecule has 1 aliphatic carbocycles. The maximum atomic E-state index is 13.4. The van der Waals surface area contributed by atoms with Crippen molar-refractivity contribution in [3.05, 3.63) is 65.0 Å². The van der Waals surface area contributed by atoms with Crippen LogP contribution in [0.5, 0.6) is 5.75 Å². The molecule has 0 spiro atoms. The van der Waals surface area contributed by atoms with Crippen LogP contribution in [0, 0.1) is 5.82 Å². The second-order valence-corrected chi connectivity index (χ2v) is 6.08. The van der Waals surface area contributed by atoms with Crippen LogP contribution in [0.15, 0.2) is 42.5 Å². The third-order valence-electron chi connectivity index (χ3n) is 4.44. The van der Waals surface area contributed by atoms with Crippen molar-refractivity contribution in [2.24, 2.45) is 5.73 Å². The molecule has 21 heavy (non-hydrogen) atoms. The number of benzene rings is 2. The molecule has 2 aromatic carbocycles. The molecule has 108 valence electrons. The molecule has 4 rings (SSSR count). The second-order valence-electron chi connectivity index (χ2n) is 6.08. The molecule has 2 aliphatic rings. The van der Waals surface area contributed by atoms with E-state index >= 15 is 0 Å². The highest BCUT2D eigenvalue weighted by atomic mass is 19.1. The molecule has 1 aliphatic heterocycles. The summed E-state index contributed by atoms with van der Waals surface area (Å²) in [5, 5.41) is 0. The molecular formula is C18H18FNO. The van der Waals surface area contributed by atoms with Gasteiger partial charge in [-0.1, -0.05) is 30.3 Å². The van der Waals surface area contributed by atoms with Crippen molar-refractivity contribution in [2.45, 2.75) is 37.3 Å². The Morgan fingerprint density at radius 1 is 1.05 bits per heavy atom. The van der Waals surface area contributed by atoms with Gasteiger partial charge in [0, 0.05) is 24.1 Å². The Bertz CT molecular complexity index is 681. The molecular weight excluding hydrogens is 265 g/mol. The lowest BCUT2D eigenvalue weighted by molar-refractivity contribution is 0.160. The first-order valence-corrected chi connectivity index (χ1v) is 7.52. The summed E-state index contributed by atoms with van der Waals surface area (Å²) in [4.78, 5) is 0. The van der Waals surface area contributed by atoms with E-state index < -0.39 is 0 Å². The average Bonchev–Trinajstić information content (AvgIpc) is 3.31. The van der Waals surface area contributed by atoms with Crippen LogP contribution in [0.3, 0.4) is 0 Å². The monoisotopic (exact) mass is 283 g/mol. The van der Waals surface area contributed by atoms with Gasteiger partial charge in [0.25, 0.3) is 0 Å². The van der Waals surface area contributed by atoms with Gasteiger partial charge in [0.2, 0.25) is 0 Å². The lowest BCUT2D eigenvalue weighted by Crippen LogP contribution is -2.24. The van der Waals surface area contributed by atoms with Crippen LogP contribution in [-0.4, -0.2) is 0 Å². The van der Waals surface area contributed by atoms with Crippen molar-refractivity contribution >= 4 is 0 Å². The lowest BCUT2D eigenvalue weighted by atomic mass is 9.92. The Balaban J connectivity index is 1.66. The van der Waals surface area contributed by atoms with Gasteiger partial charge in [-0.2, -0.15) is 0 Å². The molecule has 0 amide bonds. The lowest BCUT2D eigenvalue weighted by Gasteiger charge is -2.30. The summed E-state index contributed by atoms with van der Waals surface area (Å²) in [5.74, 6) is 1.01. The average molecular weight is 283 g/mol. The van der Waals surface area contributed by atoms with Crippen molar-refractivity contribution in [2.75, 3.05) is 0 Å². The summed E-state index contributed by atoms with van der Waals surface area (Å²) in [6.45, 7) is 0. The Morgan fingerprint density at radius 2 is 1.86 bits per heavy atom. The third-order valence-corrected chi connectivity index (χ3v) is 4.44. The summed E-state index contributed by atoms with van der Waals surface area (Å²) in [6, 6.07) is 13.1. The molecule has 2 aromatic rings. The van der Waals surface area contributed by atoms with Crippen LogP contribution in [-0.2, 0) is 0 Å². The zero-order valence-corrected chi connectivity index (χ0v) is 11.8. The first kappa shape index (κ1) is 12.8. The van der Waals surface area contributed by atoms with Gasteiger partial charge in [-0.05, 0) is 36.0 Å². The molecule has 1 fully saturated rings. The van der Waals surface area contributed by atoms with Crippen molar-refractivity contribution in [1.29, 1.82) is 0 Å². The largest absolute Gasteiger partial charge is 0.485 e. The van der Waals surface area contributed by atoms with Crippen molar-refractivity contribution < 1.29 is 9.13 Å². The number of ether oxygens (including phenoxy) is 1. The number of halogens is 1. The summed E-state index contributed by atoms with van der Waals surface area (Å²) in [5.41, 5.74) is 9.65. The predicted octanol–water partition coefficient (Wildman–Crippen LogP) is 4.23. The number of nitrogens with two attached hydrogens (primary N) is 1. The molecule has 1 saturated carbocycles. The molecule has 2 N–H and O–H groups in total. The van der Waals surface area contributed by atoms with Gasteiger partial charge >= 0.3 is 0 Å². The van der Waals surface area contributed by atoms with Crippen LogP contribution in [0.2, 0.25) is 0 Å². The highest BCUT2D eigenvalue weighted by Gasteiger charge is 2.29. The standard InChI is InChI=1S/C18H18FNO/c19-14-6-7-15-16(20)10-17(21-18(15)9-14)13-3-1-2-12(8-13)11-4-5-11/h1-3,6-9,11,16-17H,4-5,10,20H2. The van der Waals surface area contributed by atoms with Crippen LogP contribution >= 0.6 is 0 Å². The quantitative estimate of drug-likeness (QED) is 0.895. The smallest absolute Gasteiger partial charge is 0.127 e. The number of fused-ring (bicyclic) bond motifs is 1. The summed E-state index contributed by atoms with van der Waals surface area (Å²) in [7, 11) is 0. The summed E-state index contributed by atoms with van der Waals surface area (Å²) in [6.07, 6.45) is 3.20. The molecule has 2 atom stereocenters. The fraction of sp³-hybridized carbons (Fsp3) is 0.333. The molecule has 0 bridgehead atoms. The van der Waals surface area contributed by atoms with Crippen molar-refractivity contribution in [3.8, 4) is 5.75 Å². The highest BCUT2D eigenvalue weighted by molar-refractivity contribution is 5.40. The predicted molar refractivity (Wildman–Crippen MR) is 79.7 cm³/mol. The molecule has 0 aromatic heterocycles. The van der Waals surface area contributed by atoms with Crippen LogP contribution in [0.1, 0.15) is 54.0 Å². The minimum atomic E-state index is -0.284. The molecule has 2 nitrogen and oxygen atoms in total. The van der Waals surface area contributed by atoms with E-state index in [9.17, 15) is 4.39 Å². The van der Waals surface area contributed by atoms with Gasteiger partial charge in [0.1, 0.15) is 17.7 Å². The van der Waals surface area contributed by atoms with Gasteiger partial charge in [-0.25, -0.2) is 4.39 Å². The Hall–Kier alpha value is -1.87. The van der Waals surface area contributed by atoms with Gasteiger partial charge in [-0.3, -0.25) is 0 Å². The number of hydrogen-bond donors (Lipinski definition) is 1. The van der Waals surface area contributed by atoms with E-state index in [1.807, 2.05) is 0 Å². The molecule has 3 heteroatoms. The maximum absolute atomic E-state index is 13.4. The minimum absolute atomic E-state index is 0.0898. The van der Waals surface area contributed by atoms with Gasteiger partial charge in [0.15, 0.2) is 0 Å². The SMILES string of the molecule is NC1CC(c2cccc(C3CC3)c2)Oc2cc(F)ccc21. The van der Waals surface area contributed by atoms with Crippen LogP contribution < -0.4 is 10.5 Å². The minimum Gasteiger partial charge on any atom is -0.485 e. The first-order chi connectivity index (χ1) is 10.2. The number of hydrogen-bond acceptors (Lipinski definition) is 2. The first-order valence-electron chi connectivity index (χ1n) is 7.52. The van der Waals surface area contributed by atoms with E-state index in [-0.39, 0.29) is 18.0 Å². The normalized spacial score (nSPS) is 24.3. The van der Waals surface area contributed by atoms with Crippen molar-refractivity contribution in [1.82, 2.24) is 0 Å². The Morgan fingerprint density at radius 3 is 2.67 bits per heavy atom. The van der Waals surface area contributed by atoms with Gasteiger partial charge in [0.05, 0.1) is 0 Å². The highest BCUT2D eigenvalue weighted by Crippen LogP contribution is 2.43. The molecule has 0 radical (unpaired) electrons. The fourth-order valence-corrected chi connectivity index (χ4v) is 3.11. The van der Waals surface area contributed by atoms with E-state index in [0.717, 1.165) is 17.5 Å². The van der Waals surface area contributed by atoms with Crippen LogP contribution in [0.4, 0.5) is 4.39 Å². The van der Waals surface area contributed by atoms with Crippen LogP contribution in [0.25, 0.3) is 0 Å². The van der Waals surface area contributed by atoms with Gasteiger partial charge < -0.3 is 10.5 Å².